The van der Waals surface area contributed by atoms with Crippen LogP contribution in [-0.4, -0.2) is 115 Å². The number of benzene rings is 1. The molecule has 0 bridgehead atoms. The van der Waals surface area contributed by atoms with Gasteiger partial charge in [0.25, 0.3) is 0 Å². The number of carbonyl (C=O) groups excluding carboxylic acids is 9. The Hall–Kier alpha value is -5.66. The van der Waals surface area contributed by atoms with E-state index in [1.807, 2.05) is 27.7 Å². The van der Waals surface area contributed by atoms with Crippen molar-refractivity contribution in [2.45, 2.75) is 163 Å². The van der Waals surface area contributed by atoms with Gasteiger partial charge in [-0.25, -0.2) is 9.59 Å². The number of amides is 9. The van der Waals surface area contributed by atoms with Crippen molar-refractivity contribution in [1.29, 1.82) is 0 Å². The summed E-state index contributed by atoms with van der Waals surface area (Å²) >= 11 is 6.13. The Morgan fingerprint density at radius 1 is 0.554 bits per heavy atom. The minimum atomic E-state index is -1.24. The van der Waals surface area contributed by atoms with Gasteiger partial charge in [0.05, 0.1) is 0 Å². The van der Waals surface area contributed by atoms with E-state index in [2.05, 4.69) is 47.9 Å². The molecular weight excluding hydrogens is 866 g/mol. The Kier molecular flexibility index (Phi) is 25.0. The van der Waals surface area contributed by atoms with Gasteiger partial charge < -0.3 is 57.3 Å². The van der Waals surface area contributed by atoms with Crippen molar-refractivity contribution in [1.82, 2.24) is 47.9 Å². The number of halogens is 1. The topological polar surface area (TPSA) is 280 Å². The molecule has 1 aromatic rings. The van der Waals surface area contributed by atoms with Gasteiger partial charge in [-0.1, -0.05) is 57.5 Å². The average Bonchev–Trinajstić information content (AvgIpc) is 3.20. The van der Waals surface area contributed by atoms with E-state index in [9.17, 15) is 43.2 Å². The van der Waals surface area contributed by atoms with E-state index in [1.165, 1.54) is 34.7 Å². The Labute approximate surface area is 387 Å². The standard InChI is InChI=1S/C44H72ClN9O11/c1-24(2)21-33(40(60)48-26(5)35(55)46-12)53-37(57)28(7)49-39(59)32(19-15-16-20-47-42(62)64-23-30-17-13-14-18-31(30)45)52-36(56)27(6)50-41(61)34(22-25(3)4)54-38(58)29(8)51-43(63)65-44(9,10)11/h13-14,17-18,24-29,32-34H,15-16,19-23H2,1-12H3,(H,46,55)(H,47,62)(H,48,60)(H,49,59)(H,50,61)(H,51,63)(H,52,56)(H,53,57)(H,54,58)/t26-,27-,28-,29-,32-,33-,34-/m0/s1. The van der Waals surface area contributed by atoms with Crippen molar-refractivity contribution < 1.29 is 52.6 Å². The third-order valence-electron chi connectivity index (χ3n) is 9.45. The Balaban J connectivity index is 3.12. The van der Waals surface area contributed by atoms with Crippen molar-refractivity contribution in [2.75, 3.05) is 13.6 Å². The molecule has 0 saturated carbocycles. The fourth-order valence-electron chi connectivity index (χ4n) is 5.94. The third-order valence-corrected chi connectivity index (χ3v) is 9.82. The maximum Gasteiger partial charge on any atom is 0.408 e. The monoisotopic (exact) mass is 938 g/mol. The van der Waals surface area contributed by atoms with E-state index in [4.69, 9.17) is 21.1 Å². The van der Waals surface area contributed by atoms with Crippen molar-refractivity contribution >= 4 is 65.1 Å². The van der Waals surface area contributed by atoms with E-state index >= 15 is 0 Å². The van der Waals surface area contributed by atoms with Crippen LogP contribution in [0.2, 0.25) is 5.02 Å². The molecule has 0 heterocycles. The fraction of sp³-hybridized carbons (Fsp3) is 0.659. The second-order valence-corrected chi connectivity index (χ2v) is 18.1. The van der Waals surface area contributed by atoms with Gasteiger partial charge in [0.2, 0.25) is 41.4 Å². The number of likely N-dealkylation sites (N-methyl/N-ethyl adjacent to an activating group) is 1. The number of hydrogen-bond donors (Lipinski definition) is 9. The van der Waals surface area contributed by atoms with Crippen LogP contribution >= 0.6 is 11.6 Å². The van der Waals surface area contributed by atoms with Crippen molar-refractivity contribution in [2.24, 2.45) is 11.8 Å². The lowest BCUT2D eigenvalue weighted by Gasteiger charge is -2.26. The van der Waals surface area contributed by atoms with Crippen molar-refractivity contribution in [3.8, 4) is 0 Å². The van der Waals surface area contributed by atoms with Crippen LogP contribution in [-0.2, 0) is 49.6 Å². The molecule has 0 aliphatic carbocycles. The average molecular weight is 939 g/mol. The smallest absolute Gasteiger partial charge is 0.408 e. The highest BCUT2D eigenvalue weighted by atomic mass is 35.5. The molecule has 9 amide bonds. The second kappa shape index (κ2) is 28.3. The van der Waals surface area contributed by atoms with Crippen LogP contribution in [0, 0.1) is 11.8 Å². The number of hydrogen-bond acceptors (Lipinski definition) is 11. The number of unbranched alkanes of at least 4 members (excludes halogenated alkanes) is 1. The normalized spacial score (nSPS) is 14.4. The van der Waals surface area contributed by atoms with Crippen LogP contribution in [0.25, 0.3) is 0 Å². The highest BCUT2D eigenvalue weighted by Crippen LogP contribution is 2.16. The lowest BCUT2D eigenvalue weighted by Crippen LogP contribution is -2.59. The molecule has 0 aliphatic rings. The zero-order chi connectivity index (χ0) is 49.6. The molecule has 0 spiro atoms. The molecule has 7 atom stereocenters. The lowest BCUT2D eigenvalue weighted by molar-refractivity contribution is -0.135. The maximum absolute atomic E-state index is 13.8. The van der Waals surface area contributed by atoms with Crippen LogP contribution in [0.5, 0.6) is 0 Å². The molecule has 0 saturated heterocycles. The molecule has 21 heteroatoms. The molecule has 20 nitrogen and oxygen atoms in total. The summed E-state index contributed by atoms with van der Waals surface area (Å²) in [6, 6.07) is -0.825. The van der Waals surface area contributed by atoms with Gasteiger partial charge in [0, 0.05) is 24.2 Å². The van der Waals surface area contributed by atoms with Gasteiger partial charge in [0.1, 0.15) is 54.5 Å². The molecule has 0 fully saturated rings. The third kappa shape index (κ3) is 23.2. The largest absolute Gasteiger partial charge is 0.445 e. The predicted molar refractivity (Wildman–Crippen MR) is 244 cm³/mol. The summed E-state index contributed by atoms with van der Waals surface area (Å²) in [7, 11) is 1.43. The number of nitrogens with one attached hydrogen (secondary N) is 9. The predicted octanol–water partition coefficient (Wildman–Crippen LogP) is 2.46. The van der Waals surface area contributed by atoms with Gasteiger partial charge >= 0.3 is 12.2 Å². The highest BCUT2D eigenvalue weighted by Gasteiger charge is 2.32. The van der Waals surface area contributed by atoms with E-state index in [0.717, 1.165) is 0 Å². The Bertz CT molecular complexity index is 1790. The minimum absolute atomic E-state index is 0.0336. The SMILES string of the molecule is CNC(=O)[C@H](C)NC(=O)[C@H](CC(C)C)NC(=O)[C@H](C)NC(=O)[C@H](CCCCNC(=O)OCc1ccccc1Cl)NC(=O)[C@H](C)NC(=O)[C@H](CC(C)C)NC(=O)[C@H](C)NC(=O)OC(C)(C)C. The summed E-state index contributed by atoms with van der Waals surface area (Å²) in [5.74, 6) is -4.70. The first kappa shape index (κ1) is 57.4. The summed E-state index contributed by atoms with van der Waals surface area (Å²) in [6.07, 6.45) is -0.419. The first-order valence-electron chi connectivity index (χ1n) is 21.9. The Morgan fingerprint density at radius 3 is 1.43 bits per heavy atom. The van der Waals surface area contributed by atoms with Crippen LogP contribution in [0.3, 0.4) is 0 Å². The van der Waals surface area contributed by atoms with Crippen LogP contribution in [0.1, 0.15) is 114 Å². The summed E-state index contributed by atoms with van der Waals surface area (Å²) in [6.45, 7) is 18.2. The Morgan fingerprint density at radius 2 is 0.985 bits per heavy atom. The molecule has 9 N–H and O–H groups in total. The van der Waals surface area contributed by atoms with Gasteiger partial charge in [-0.3, -0.25) is 33.6 Å². The molecular formula is C44H72ClN9O11. The molecule has 0 unspecified atom stereocenters. The first-order chi connectivity index (χ1) is 30.2. The molecule has 366 valence electrons. The lowest BCUT2D eigenvalue weighted by atomic mass is 10.0. The van der Waals surface area contributed by atoms with Crippen molar-refractivity contribution in [3.63, 3.8) is 0 Å². The number of alkyl carbamates (subject to hydrolysis) is 2. The maximum atomic E-state index is 13.8. The molecule has 65 heavy (non-hydrogen) atoms. The van der Waals surface area contributed by atoms with E-state index in [-0.39, 0.29) is 44.2 Å². The molecule has 0 aromatic heterocycles. The van der Waals surface area contributed by atoms with Crippen LogP contribution in [0.4, 0.5) is 9.59 Å². The molecule has 1 rings (SSSR count). The van der Waals surface area contributed by atoms with Crippen LogP contribution in [0.15, 0.2) is 24.3 Å². The van der Waals surface area contributed by atoms with Gasteiger partial charge in [-0.2, -0.15) is 0 Å². The highest BCUT2D eigenvalue weighted by molar-refractivity contribution is 6.31. The fourth-order valence-corrected chi connectivity index (χ4v) is 6.13. The number of carbonyl (C=O) groups is 9. The minimum Gasteiger partial charge on any atom is -0.445 e. The molecule has 0 radical (unpaired) electrons. The zero-order valence-corrected chi connectivity index (χ0v) is 40.6. The van der Waals surface area contributed by atoms with Gasteiger partial charge in [-0.15, -0.1) is 0 Å². The second-order valence-electron chi connectivity index (χ2n) is 17.7. The quantitative estimate of drug-likeness (QED) is 0.0643. The summed E-state index contributed by atoms with van der Waals surface area (Å²) in [5, 5.41) is 23.6. The van der Waals surface area contributed by atoms with Crippen molar-refractivity contribution in [3.05, 3.63) is 34.9 Å². The van der Waals surface area contributed by atoms with Crippen LogP contribution < -0.4 is 47.9 Å². The van der Waals surface area contributed by atoms with E-state index in [1.54, 1.807) is 45.0 Å². The van der Waals surface area contributed by atoms with E-state index < -0.39 is 101 Å². The van der Waals surface area contributed by atoms with E-state index in [0.29, 0.717) is 23.4 Å². The summed E-state index contributed by atoms with van der Waals surface area (Å²) in [4.78, 5) is 117. The first-order valence-corrected chi connectivity index (χ1v) is 22.3. The number of rotatable bonds is 25. The summed E-state index contributed by atoms with van der Waals surface area (Å²) in [5.41, 5.74) is -0.181. The molecule has 1 aromatic carbocycles. The molecule has 0 aliphatic heterocycles. The number of ether oxygens (including phenoxy) is 2. The zero-order valence-electron chi connectivity index (χ0n) is 39.8. The summed E-state index contributed by atoms with van der Waals surface area (Å²) < 4.78 is 10.4. The van der Waals surface area contributed by atoms with Gasteiger partial charge in [0.15, 0.2) is 0 Å². The van der Waals surface area contributed by atoms with Gasteiger partial charge in [-0.05, 0) is 98.5 Å².